The zero-order valence-corrected chi connectivity index (χ0v) is 6.34. The minimum atomic E-state index is -0.441. The summed E-state index contributed by atoms with van der Waals surface area (Å²) in [7, 11) is 0. The second kappa shape index (κ2) is 3.21. The molecule has 1 aromatic rings. The molecule has 0 unspecified atom stereocenters. The number of benzene rings is 1. The van der Waals surface area contributed by atoms with Crippen molar-refractivity contribution in [2.45, 2.75) is 6.42 Å². The Labute approximate surface area is 69.1 Å². The molecule has 0 saturated heterocycles. The van der Waals surface area contributed by atoms with Gasteiger partial charge in [0.25, 0.3) is 0 Å². The zero-order chi connectivity index (χ0) is 9.14. The van der Waals surface area contributed by atoms with Gasteiger partial charge in [-0.25, -0.2) is 4.39 Å². The monoisotopic (exact) mass is 168 g/mol. The highest BCUT2D eigenvalue weighted by atomic mass is 19.1. The van der Waals surface area contributed by atoms with E-state index >= 15 is 0 Å². The van der Waals surface area contributed by atoms with Crippen molar-refractivity contribution in [2.75, 3.05) is 0 Å². The molecule has 0 aromatic heterocycles. The third-order valence-electron chi connectivity index (χ3n) is 1.42. The molecule has 1 aromatic carbocycles. The fraction of sp³-hybridized carbons (Fsp3) is 0.125. The van der Waals surface area contributed by atoms with Gasteiger partial charge in [0.15, 0.2) is 0 Å². The smallest absolute Gasteiger partial charge is 0.123 e. The maximum atomic E-state index is 12.6. The van der Waals surface area contributed by atoms with Crippen LogP contribution in [-0.2, 0) is 6.42 Å². The van der Waals surface area contributed by atoms with Gasteiger partial charge < -0.3 is 10.8 Å². The molecule has 0 aliphatic carbocycles. The van der Waals surface area contributed by atoms with Gasteiger partial charge in [-0.05, 0) is 18.2 Å². The van der Waals surface area contributed by atoms with Crippen molar-refractivity contribution in [1.82, 2.24) is 0 Å². The van der Waals surface area contributed by atoms with Crippen molar-refractivity contribution in [3.8, 4) is 5.75 Å². The van der Waals surface area contributed by atoms with E-state index in [1.54, 1.807) is 0 Å². The van der Waals surface area contributed by atoms with Crippen LogP contribution in [0.2, 0.25) is 0 Å². The molecule has 0 amide bonds. The summed E-state index contributed by atoms with van der Waals surface area (Å²) in [5.74, 6) is -0.577. The van der Waals surface area contributed by atoms with E-state index in [0.29, 0.717) is 5.56 Å². The first-order valence-corrected chi connectivity index (χ1v) is 3.40. The Morgan fingerprint density at radius 1 is 1.58 bits per heavy atom. The Bertz CT molecular complexity index is 312. The normalized spacial score (nSPS) is 9.75. The van der Waals surface area contributed by atoms with Gasteiger partial charge in [0.1, 0.15) is 11.6 Å². The summed E-state index contributed by atoms with van der Waals surface area (Å²) in [6, 6.07) is 3.56. The van der Waals surface area contributed by atoms with Crippen molar-refractivity contribution in [3.05, 3.63) is 29.6 Å². The number of nitrogens with two attached hydrogens (primary N) is 1. The van der Waals surface area contributed by atoms with Crippen LogP contribution in [0.3, 0.4) is 0 Å². The molecular formula is C8H9FN2O. The molecule has 12 heavy (non-hydrogen) atoms. The van der Waals surface area contributed by atoms with Crippen molar-refractivity contribution in [1.29, 1.82) is 5.41 Å². The fourth-order valence-corrected chi connectivity index (χ4v) is 0.901. The highest BCUT2D eigenvalue weighted by Gasteiger charge is 2.03. The van der Waals surface area contributed by atoms with Gasteiger partial charge in [-0.2, -0.15) is 0 Å². The number of halogens is 1. The molecule has 4 N–H and O–H groups in total. The molecule has 3 nitrogen and oxygen atoms in total. The summed E-state index contributed by atoms with van der Waals surface area (Å²) >= 11 is 0. The van der Waals surface area contributed by atoms with Crippen LogP contribution in [0, 0.1) is 11.2 Å². The molecule has 0 bridgehead atoms. The van der Waals surface area contributed by atoms with E-state index in [4.69, 9.17) is 16.2 Å². The number of rotatable bonds is 2. The van der Waals surface area contributed by atoms with Gasteiger partial charge in [0.05, 0.1) is 5.84 Å². The quantitative estimate of drug-likeness (QED) is 0.455. The lowest BCUT2D eigenvalue weighted by Gasteiger charge is -2.02. The number of nitrogens with one attached hydrogen (secondary N) is 1. The SMILES string of the molecule is N=C(N)Cc1cc(F)ccc1O. The molecule has 0 spiro atoms. The molecule has 64 valence electrons. The molecule has 4 heteroatoms. The van der Waals surface area contributed by atoms with Crippen LogP contribution in [0.15, 0.2) is 18.2 Å². The number of hydrogen-bond acceptors (Lipinski definition) is 2. The Kier molecular flexibility index (Phi) is 2.28. The Morgan fingerprint density at radius 2 is 2.25 bits per heavy atom. The minimum Gasteiger partial charge on any atom is -0.508 e. The molecule has 0 aliphatic heterocycles. The minimum absolute atomic E-state index is 0.0356. The van der Waals surface area contributed by atoms with Crippen molar-refractivity contribution >= 4 is 5.84 Å². The van der Waals surface area contributed by atoms with Gasteiger partial charge in [-0.3, -0.25) is 5.41 Å². The van der Waals surface area contributed by atoms with Crippen molar-refractivity contribution < 1.29 is 9.50 Å². The molecule has 0 heterocycles. The van der Waals surface area contributed by atoms with Crippen molar-refractivity contribution in [3.63, 3.8) is 0 Å². The molecule has 0 saturated carbocycles. The van der Waals surface area contributed by atoms with E-state index < -0.39 is 5.82 Å². The summed E-state index contributed by atoms with van der Waals surface area (Å²) in [5.41, 5.74) is 5.43. The van der Waals surface area contributed by atoms with Crippen LogP contribution in [-0.4, -0.2) is 10.9 Å². The Hall–Kier alpha value is -1.58. The standard InChI is InChI=1S/C8H9FN2O/c9-6-1-2-7(12)5(3-6)4-8(10)11/h1-3,12H,4H2,(H3,10,11). The van der Waals surface area contributed by atoms with E-state index in [9.17, 15) is 4.39 Å². The van der Waals surface area contributed by atoms with Crippen LogP contribution in [0.1, 0.15) is 5.56 Å². The van der Waals surface area contributed by atoms with Crippen LogP contribution in [0.25, 0.3) is 0 Å². The van der Waals surface area contributed by atoms with Crippen LogP contribution >= 0.6 is 0 Å². The summed E-state index contributed by atoms with van der Waals surface area (Å²) in [6.07, 6.45) is 0.0730. The van der Waals surface area contributed by atoms with Crippen LogP contribution < -0.4 is 5.73 Å². The second-order valence-corrected chi connectivity index (χ2v) is 2.48. The lowest BCUT2D eigenvalue weighted by molar-refractivity contribution is 0.467. The van der Waals surface area contributed by atoms with Gasteiger partial charge in [-0.1, -0.05) is 0 Å². The second-order valence-electron chi connectivity index (χ2n) is 2.48. The topological polar surface area (TPSA) is 70.1 Å². The Balaban J connectivity index is 2.97. The lowest BCUT2D eigenvalue weighted by atomic mass is 10.1. The molecule has 0 radical (unpaired) electrons. The van der Waals surface area contributed by atoms with Crippen LogP contribution in [0.4, 0.5) is 4.39 Å². The van der Waals surface area contributed by atoms with E-state index in [0.717, 1.165) is 12.1 Å². The molecule has 1 rings (SSSR count). The predicted octanol–water partition coefficient (Wildman–Crippen LogP) is 1.01. The maximum Gasteiger partial charge on any atom is 0.123 e. The highest BCUT2D eigenvalue weighted by molar-refractivity contribution is 5.80. The van der Waals surface area contributed by atoms with E-state index in [1.807, 2.05) is 0 Å². The number of phenolic OH excluding ortho intramolecular Hbond substituents is 1. The summed E-state index contributed by atoms with van der Waals surface area (Å²) in [5, 5.41) is 16.1. The van der Waals surface area contributed by atoms with E-state index in [-0.39, 0.29) is 18.0 Å². The number of hydrogen-bond donors (Lipinski definition) is 3. The molecule has 0 aliphatic rings. The first-order chi connectivity index (χ1) is 5.59. The number of phenols is 1. The van der Waals surface area contributed by atoms with Gasteiger partial charge in [0.2, 0.25) is 0 Å². The van der Waals surface area contributed by atoms with E-state index in [2.05, 4.69) is 0 Å². The average molecular weight is 168 g/mol. The lowest BCUT2D eigenvalue weighted by Crippen LogP contribution is -2.12. The number of amidine groups is 1. The Morgan fingerprint density at radius 3 is 2.83 bits per heavy atom. The molecule has 0 fully saturated rings. The zero-order valence-electron chi connectivity index (χ0n) is 6.34. The molecular weight excluding hydrogens is 159 g/mol. The summed E-state index contributed by atoms with van der Waals surface area (Å²) in [4.78, 5) is 0. The third-order valence-corrected chi connectivity index (χ3v) is 1.42. The predicted molar refractivity (Wildman–Crippen MR) is 43.7 cm³/mol. The summed E-state index contributed by atoms with van der Waals surface area (Å²) < 4.78 is 12.6. The average Bonchev–Trinajstić information content (AvgIpc) is 1.96. The van der Waals surface area contributed by atoms with Crippen LogP contribution in [0.5, 0.6) is 5.75 Å². The third kappa shape index (κ3) is 1.95. The summed E-state index contributed by atoms with van der Waals surface area (Å²) in [6.45, 7) is 0. The maximum absolute atomic E-state index is 12.6. The van der Waals surface area contributed by atoms with Gasteiger partial charge in [-0.15, -0.1) is 0 Å². The van der Waals surface area contributed by atoms with E-state index in [1.165, 1.54) is 6.07 Å². The number of aromatic hydroxyl groups is 1. The van der Waals surface area contributed by atoms with Gasteiger partial charge >= 0.3 is 0 Å². The van der Waals surface area contributed by atoms with Crippen molar-refractivity contribution in [2.24, 2.45) is 5.73 Å². The van der Waals surface area contributed by atoms with Gasteiger partial charge in [0, 0.05) is 12.0 Å². The largest absolute Gasteiger partial charge is 0.508 e. The fourth-order valence-electron chi connectivity index (χ4n) is 0.901. The highest BCUT2D eigenvalue weighted by Crippen LogP contribution is 2.17. The first-order valence-electron chi connectivity index (χ1n) is 3.40. The first kappa shape index (κ1) is 8.52. The molecule has 0 atom stereocenters.